The molecule has 3 nitrogen and oxygen atoms in total. The van der Waals surface area contributed by atoms with Gasteiger partial charge in [0.15, 0.2) is 0 Å². The first kappa shape index (κ1) is 17.6. The van der Waals surface area contributed by atoms with Crippen LogP contribution in [0.15, 0.2) is 12.1 Å². The molecule has 2 aliphatic carbocycles. The maximum absolute atomic E-state index is 12.6. The molecule has 1 aromatic carbocycles. The number of alkyl halides is 3. The van der Waals surface area contributed by atoms with Gasteiger partial charge in [-0.05, 0) is 66.3 Å². The Hall–Kier alpha value is -1.24. The lowest BCUT2D eigenvalue weighted by atomic mass is 9.70. The molecule has 1 aromatic rings. The van der Waals surface area contributed by atoms with Gasteiger partial charge in [-0.25, -0.2) is 0 Å². The summed E-state index contributed by atoms with van der Waals surface area (Å²) < 4.78 is 64.8. The Bertz CT molecular complexity index is 747. The largest absolute Gasteiger partial charge is 0.534 e. The highest BCUT2D eigenvalue weighted by molar-refractivity contribution is 7.88. The van der Waals surface area contributed by atoms with Gasteiger partial charge in [0.05, 0.1) is 0 Å². The summed E-state index contributed by atoms with van der Waals surface area (Å²) in [4.78, 5) is 0. The van der Waals surface area contributed by atoms with Crippen molar-refractivity contribution in [2.45, 2.75) is 69.2 Å². The van der Waals surface area contributed by atoms with Crippen LogP contribution in [-0.2, 0) is 15.5 Å². The highest BCUT2D eigenvalue weighted by Gasteiger charge is 2.49. The first-order valence-electron chi connectivity index (χ1n) is 8.21. The zero-order valence-electron chi connectivity index (χ0n) is 13.7. The highest BCUT2D eigenvalue weighted by atomic mass is 32.2. The normalized spacial score (nSPS) is 23.3. The van der Waals surface area contributed by atoms with Crippen molar-refractivity contribution in [1.29, 1.82) is 0 Å². The van der Waals surface area contributed by atoms with E-state index in [1.54, 1.807) is 0 Å². The maximum atomic E-state index is 12.6. The number of fused-ring (bicyclic) bond motifs is 2. The average molecular weight is 362 g/mol. The van der Waals surface area contributed by atoms with Gasteiger partial charge >= 0.3 is 15.6 Å². The van der Waals surface area contributed by atoms with Crippen molar-refractivity contribution in [3.8, 4) is 5.75 Å². The Morgan fingerprint density at radius 3 is 2.38 bits per heavy atom. The van der Waals surface area contributed by atoms with Gasteiger partial charge in [-0.15, -0.1) is 0 Å². The number of halogens is 3. The molecule has 0 aromatic heterocycles. The van der Waals surface area contributed by atoms with Crippen molar-refractivity contribution in [2.75, 3.05) is 0 Å². The van der Waals surface area contributed by atoms with Crippen LogP contribution in [-0.4, -0.2) is 13.9 Å². The SMILES string of the molecule is Cc1cc(OS(=O)(=O)C(F)(F)F)cc2c1C(C)CC21CCCCC1. The quantitative estimate of drug-likeness (QED) is 0.553. The molecule has 134 valence electrons. The summed E-state index contributed by atoms with van der Waals surface area (Å²) in [6.45, 7) is 3.94. The van der Waals surface area contributed by atoms with Gasteiger partial charge in [0.25, 0.3) is 0 Å². The van der Waals surface area contributed by atoms with E-state index in [0.29, 0.717) is 5.92 Å². The molecule has 0 aliphatic heterocycles. The van der Waals surface area contributed by atoms with Crippen molar-refractivity contribution in [3.05, 3.63) is 28.8 Å². The predicted molar refractivity (Wildman–Crippen MR) is 84.6 cm³/mol. The fraction of sp³-hybridized carbons (Fsp3) is 0.647. The molecule has 0 N–H and O–H groups in total. The minimum Gasteiger partial charge on any atom is -0.376 e. The Morgan fingerprint density at radius 2 is 1.79 bits per heavy atom. The third-order valence-corrected chi connectivity index (χ3v) is 6.40. The summed E-state index contributed by atoms with van der Waals surface area (Å²) in [5.74, 6) is 0.0917. The number of aryl methyl sites for hydroxylation is 1. The van der Waals surface area contributed by atoms with Gasteiger partial charge in [0.2, 0.25) is 0 Å². The summed E-state index contributed by atoms with van der Waals surface area (Å²) in [6, 6.07) is 2.93. The third kappa shape index (κ3) is 2.80. The second kappa shape index (κ2) is 5.64. The van der Waals surface area contributed by atoms with Crippen molar-refractivity contribution in [2.24, 2.45) is 0 Å². The lowest BCUT2D eigenvalue weighted by Crippen LogP contribution is -2.29. The Kier molecular flexibility index (Phi) is 4.13. The van der Waals surface area contributed by atoms with Crippen LogP contribution in [0.25, 0.3) is 0 Å². The summed E-state index contributed by atoms with van der Waals surface area (Å²) in [5, 5.41) is 0. The zero-order chi connectivity index (χ0) is 17.8. The van der Waals surface area contributed by atoms with Gasteiger partial charge < -0.3 is 4.18 Å². The molecule has 1 atom stereocenters. The van der Waals surface area contributed by atoms with Crippen LogP contribution >= 0.6 is 0 Å². The first-order valence-corrected chi connectivity index (χ1v) is 9.62. The molecule has 0 heterocycles. The third-order valence-electron chi connectivity index (χ3n) is 5.42. The molecule has 0 radical (unpaired) electrons. The topological polar surface area (TPSA) is 43.4 Å². The second-order valence-corrected chi connectivity index (χ2v) is 8.67. The smallest absolute Gasteiger partial charge is 0.376 e. The molecule has 1 spiro atoms. The zero-order valence-corrected chi connectivity index (χ0v) is 14.6. The van der Waals surface area contributed by atoms with E-state index in [9.17, 15) is 21.6 Å². The van der Waals surface area contributed by atoms with Crippen LogP contribution in [0.2, 0.25) is 0 Å². The molecule has 1 saturated carbocycles. The van der Waals surface area contributed by atoms with E-state index < -0.39 is 15.6 Å². The second-order valence-electron chi connectivity index (χ2n) is 7.13. The number of hydrogen-bond donors (Lipinski definition) is 0. The van der Waals surface area contributed by atoms with Crippen molar-refractivity contribution in [1.82, 2.24) is 0 Å². The molecule has 24 heavy (non-hydrogen) atoms. The van der Waals surface area contributed by atoms with E-state index in [4.69, 9.17) is 0 Å². The predicted octanol–water partition coefficient (Wildman–Crippen LogP) is 4.93. The lowest BCUT2D eigenvalue weighted by Gasteiger charge is -2.35. The van der Waals surface area contributed by atoms with Gasteiger partial charge in [0.1, 0.15) is 5.75 Å². The standard InChI is InChI=1S/C17H21F3O3S/c1-11-8-13(23-24(21,22)17(18,19)20)9-14-15(11)12(2)10-16(14)6-4-3-5-7-16/h8-9,12H,3-7,10H2,1-2H3. The van der Waals surface area contributed by atoms with Crippen LogP contribution < -0.4 is 4.18 Å². The van der Waals surface area contributed by atoms with E-state index in [2.05, 4.69) is 11.1 Å². The molecule has 0 bridgehead atoms. The molecule has 1 fully saturated rings. The van der Waals surface area contributed by atoms with Crippen LogP contribution in [0.3, 0.4) is 0 Å². The number of rotatable bonds is 2. The average Bonchev–Trinajstić information content (AvgIpc) is 2.70. The van der Waals surface area contributed by atoms with Gasteiger partial charge in [-0.2, -0.15) is 21.6 Å². The van der Waals surface area contributed by atoms with Crippen LogP contribution in [0.1, 0.15) is 68.1 Å². The van der Waals surface area contributed by atoms with Crippen LogP contribution in [0.5, 0.6) is 5.75 Å². The number of hydrogen-bond acceptors (Lipinski definition) is 3. The summed E-state index contributed by atoms with van der Waals surface area (Å²) in [5.41, 5.74) is -2.53. The van der Waals surface area contributed by atoms with E-state index in [-0.39, 0.29) is 11.2 Å². The Labute approximate surface area is 140 Å². The summed E-state index contributed by atoms with van der Waals surface area (Å²) >= 11 is 0. The van der Waals surface area contributed by atoms with E-state index >= 15 is 0 Å². The van der Waals surface area contributed by atoms with Gasteiger partial charge in [-0.1, -0.05) is 26.2 Å². The minimum absolute atomic E-state index is 0.0425. The summed E-state index contributed by atoms with van der Waals surface area (Å²) in [7, 11) is -5.64. The van der Waals surface area contributed by atoms with Crippen LogP contribution in [0.4, 0.5) is 13.2 Å². The van der Waals surface area contributed by atoms with E-state index in [1.165, 1.54) is 18.6 Å². The Morgan fingerprint density at radius 1 is 1.17 bits per heavy atom. The van der Waals surface area contributed by atoms with Crippen LogP contribution in [0, 0.1) is 6.92 Å². The molecule has 2 aliphatic rings. The number of benzene rings is 1. The Balaban J connectivity index is 2.05. The van der Waals surface area contributed by atoms with E-state index in [0.717, 1.165) is 48.8 Å². The highest BCUT2D eigenvalue weighted by Crippen LogP contribution is 2.55. The molecule has 0 amide bonds. The molecular weight excluding hydrogens is 341 g/mol. The monoisotopic (exact) mass is 362 g/mol. The first-order chi connectivity index (χ1) is 11.1. The molecule has 7 heteroatoms. The lowest BCUT2D eigenvalue weighted by molar-refractivity contribution is -0.0500. The molecule has 1 unspecified atom stereocenters. The summed E-state index contributed by atoms with van der Waals surface area (Å²) in [6.07, 6.45) is 6.33. The van der Waals surface area contributed by atoms with Crippen molar-refractivity contribution >= 4 is 10.1 Å². The van der Waals surface area contributed by atoms with Gasteiger partial charge in [0, 0.05) is 0 Å². The maximum Gasteiger partial charge on any atom is 0.534 e. The molecule has 0 saturated heterocycles. The molecular formula is C17H21F3O3S. The fourth-order valence-corrected chi connectivity index (χ4v) is 5.02. The fourth-order valence-electron chi connectivity index (χ4n) is 4.58. The van der Waals surface area contributed by atoms with Gasteiger partial charge in [-0.3, -0.25) is 0 Å². The van der Waals surface area contributed by atoms with E-state index in [1.807, 2.05) is 6.92 Å². The molecule has 3 rings (SSSR count). The van der Waals surface area contributed by atoms with Crippen molar-refractivity contribution < 1.29 is 25.8 Å². The van der Waals surface area contributed by atoms with Crippen molar-refractivity contribution in [3.63, 3.8) is 0 Å². The minimum atomic E-state index is -5.64.